The van der Waals surface area contributed by atoms with Crippen LogP contribution in [0, 0.1) is 0 Å². The molecule has 2 aromatic carbocycles. The maximum atomic E-state index is 11.4. The number of hydrogen-bond donors (Lipinski definition) is 1. The molecule has 2 aromatic rings. The molecule has 0 unspecified atom stereocenters. The minimum absolute atomic E-state index is 0.115. The topological polar surface area (TPSA) is 74.2 Å². The number of carboxylic acid groups (broad SMARTS) is 1. The van der Waals surface area contributed by atoms with Gasteiger partial charge in [-0.15, -0.1) is 0 Å². The molecule has 0 saturated carbocycles. The van der Waals surface area contributed by atoms with Crippen LogP contribution in [0.5, 0.6) is 17.2 Å². The summed E-state index contributed by atoms with van der Waals surface area (Å²) in [5, 5.41) is 9.92. The second-order valence-electron chi connectivity index (χ2n) is 8.07. The van der Waals surface area contributed by atoms with Gasteiger partial charge in [-0.3, -0.25) is 0 Å². The first-order valence-corrected chi connectivity index (χ1v) is 12.7. The Bertz CT molecular complexity index is 956. The van der Waals surface area contributed by atoms with Gasteiger partial charge in [0.05, 0.1) is 31.5 Å². The fourth-order valence-electron chi connectivity index (χ4n) is 3.27. The molecule has 2 rings (SSSR count). The first kappa shape index (κ1) is 28.4. The number of halogens is 1. The number of ether oxygens (including phenoxy) is 4. The molecular formula is C28H37ClO6. The van der Waals surface area contributed by atoms with Crippen LogP contribution in [0.4, 0.5) is 0 Å². The standard InChI is InChI=1S/C28H37ClO6/c1-4-7-9-16-33-24-12-10-21(18-23(24)29)14-17-35-25-13-11-22(19-26(25)34-15-8-5-2)20-27(28(30)31)32-6-3/h10-13,18-20H,4-9,14-17H2,1-3H3,(H,30,31)/b27-20+. The normalized spacial score (nSPS) is 11.3. The van der Waals surface area contributed by atoms with Gasteiger partial charge in [0.1, 0.15) is 5.75 Å². The van der Waals surface area contributed by atoms with E-state index in [1.807, 2.05) is 18.2 Å². The molecule has 0 radical (unpaired) electrons. The molecule has 0 bridgehead atoms. The largest absolute Gasteiger partial charge is 0.492 e. The summed E-state index contributed by atoms with van der Waals surface area (Å²) >= 11 is 6.39. The van der Waals surface area contributed by atoms with E-state index in [0.29, 0.717) is 54.1 Å². The van der Waals surface area contributed by atoms with Crippen molar-refractivity contribution < 1.29 is 28.8 Å². The number of unbranched alkanes of at least 4 members (excludes halogenated alkanes) is 3. The van der Waals surface area contributed by atoms with Gasteiger partial charge in [0.25, 0.3) is 0 Å². The second kappa shape index (κ2) is 15.9. The van der Waals surface area contributed by atoms with E-state index in [0.717, 1.165) is 37.7 Å². The summed E-state index contributed by atoms with van der Waals surface area (Å²) in [4.78, 5) is 11.4. The van der Waals surface area contributed by atoms with Crippen molar-refractivity contribution in [3.63, 3.8) is 0 Å². The maximum absolute atomic E-state index is 11.4. The van der Waals surface area contributed by atoms with Gasteiger partial charge in [-0.25, -0.2) is 4.79 Å². The summed E-state index contributed by atoms with van der Waals surface area (Å²) in [6.45, 7) is 7.92. The van der Waals surface area contributed by atoms with Crippen molar-refractivity contribution in [2.24, 2.45) is 0 Å². The molecule has 192 valence electrons. The van der Waals surface area contributed by atoms with Gasteiger partial charge in [0.15, 0.2) is 11.5 Å². The molecule has 0 amide bonds. The maximum Gasteiger partial charge on any atom is 0.371 e. The van der Waals surface area contributed by atoms with Crippen molar-refractivity contribution in [3.8, 4) is 17.2 Å². The summed E-state index contributed by atoms with van der Waals surface area (Å²) in [5.41, 5.74) is 1.71. The predicted octanol–water partition coefficient (Wildman–Crippen LogP) is 7.17. The molecule has 1 N–H and O–H groups in total. The average molecular weight is 505 g/mol. The van der Waals surface area contributed by atoms with E-state index in [9.17, 15) is 9.90 Å². The highest BCUT2D eigenvalue weighted by molar-refractivity contribution is 6.32. The Hall–Kier alpha value is -2.86. The second-order valence-corrected chi connectivity index (χ2v) is 8.48. The number of benzene rings is 2. The lowest BCUT2D eigenvalue weighted by atomic mass is 10.1. The van der Waals surface area contributed by atoms with Crippen LogP contribution in [0.25, 0.3) is 6.08 Å². The highest BCUT2D eigenvalue weighted by atomic mass is 35.5. The highest BCUT2D eigenvalue weighted by Gasteiger charge is 2.12. The summed E-state index contributed by atoms with van der Waals surface area (Å²) in [6.07, 6.45) is 7.37. The van der Waals surface area contributed by atoms with Gasteiger partial charge in [-0.2, -0.15) is 0 Å². The Morgan fingerprint density at radius 3 is 2.23 bits per heavy atom. The van der Waals surface area contributed by atoms with Crippen molar-refractivity contribution in [2.75, 3.05) is 26.4 Å². The molecule has 0 atom stereocenters. The van der Waals surface area contributed by atoms with E-state index in [-0.39, 0.29) is 12.4 Å². The Balaban J connectivity index is 2.05. The summed E-state index contributed by atoms with van der Waals surface area (Å²) in [6, 6.07) is 11.2. The van der Waals surface area contributed by atoms with Crippen LogP contribution in [0.15, 0.2) is 42.2 Å². The Morgan fingerprint density at radius 2 is 1.54 bits per heavy atom. The van der Waals surface area contributed by atoms with Gasteiger partial charge >= 0.3 is 5.97 Å². The zero-order chi connectivity index (χ0) is 25.5. The lowest BCUT2D eigenvalue weighted by Gasteiger charge is -2.14. The fourth-order valence-corrected chi connectivity index (χ4v) is 3.53. The van der Waals surface area contributed by atoms with Crippen molar-refractivity contribution >= 4 is 23.6 Å². The summed E-state index contributed by atoms with van der Waals surface area (Å²) in [7, 11) is 0. The molecular weight excluding hydrogens is 468 g/mol. The third-order valence-corrected chi connectivity index (χ3v) is 5.48. The Morgan fingerprint density at radius 1 is 0.857 bits per heavy atom. The van der Waals surface area contributed by atoms with E-state index < -0.39 is 5.97 Å². The first-order chi connectivity index (χ1) is 17.0. The van der Waals surface area contributed by atoms with Crippen LogP contribution in [-0.2, 0) is 16.0 Å². The van der Waals surface area contributed by atoms with E-state index in [1.165, 1.54) is 6.08 Å². The Kier molecular flexibility index (Phi) is 12.9. The van der Waals surface area contributed by atoms with Crippen molar-refractivity contribution in [3.05, 3.63) is 58.3 Å². The van der Waals surface area contributed by atoms with Gasteiger partial charge in [0.2, 0.25) is 5.76 Å². The molecule has 0 fully saturated rings. The number of rotatable bonds is 17. The number of aliphatic carboxylic acids is 1. The molecule has 0 heterocycles. The van der Waals surface area contributed by atoms with Gasteiger partial charge < -0.3 is 24.1 Å². The van der Waals surface area contributed by atoms with Crippen molar-refractivity contribution in [2.45, 2.75) is 59.3 Å². The molecule has 7 heteroatoms. The van der Waals surface area contributed by atoms with E-state index >= 15 is 0 Å². The van der Waals surface area contributed by atoms with E-state index in [2.05, 4.69) is 13.8 Å². The van der Waals surface area contributed by atoms with Crippen LogP contribution in [-0.4, -0.2) is 37.5 Å². The molecule has 0 aromatic heterocycles. The molecule has 0 aliphatic rings. The van der Waals surface area contributed by atoms with Gasteiger partial charge in [-0.1, -0.05) is 56.8 Å². The Labute approximate surface area is 213 Å². The SMILES string of the molecule is CCCCCOc1ccc(CCOc2ccc(/C=C(/OCC)C(=O)O)cc2OCCCC)cc1Cl. The molecule has 0 aliphatic carbocycles. The third kappa shape index (κ3) is 10.1. The summed E-state index contributed by atoms with van der Waals surface area (Å²) < 4.78 is 22.9. The minimum atomic E-state index is -1.11. The quantitative estimate of drug-likeness (QED) is 0.140. The zero-order valence-corrected chi connectivity index (χ0v) is 21.7. The smallest absolute Gasteiger partial charge is 0.371 e. The van der Waals surface area contributed by atoms with Crippen LogP contribution in [0.3, 0.4) is 0 Å². The number of carbonyl (C=O) groups is 1. The number of hydrogen-bond acceptors (Lipinski definition) is 5. The number of carboxylic acids is 1. The average Bonchev–Trinajstić information content (AvgIpc) is 2.84. The third-order valence-electron chi connectivity index (χ3n) is 5.18. The molecule has 0 spiro atoms. The fraction of sp³-hybridized carbons (Fsp3) is 0.464. The zero-order valence-electron chi connectivity index (χ0n) is 21.0. The van der Waals surface area contributed by atoms with Gasteiger partial charge in [-0.05, 0) is 61.2 Å². The van der Waals surface area contributed by atoms with Gasteiger partial charge in [0, 0.05) is 6.42 Å². The first-order valence-electron chi connectivity index (χ1n) is 12.4. The molecule has 35 heavy (non-hydrogen) atoms. The summed E-state index contributed by atoms with van der Waals surface area (Å²) in [5.74, 6) is 0.651. The van der Waals surface area contributed by atoms with E-state index in [4.69, 9.17) is 30.5 Å². The molecule has 6 nitrogen and oxygen atoms in total. The van der Waals surface area contributed by atoms with Crippen LogP contribution >= 0.6 is 11.6 Å². The van der Waals surface area contributed by atoms with E-state index in [1.54, 1.807) is 25.1 Å². The van der Waals surface area contributed by atoms with Crippen molar-refractivity contribution in [1.82, 2.24) is 0 Å². The molecule has 0 aliphatic heterocycles. The lowest BCUT2D eigenvalue weighted by Crippen LogP contribution is -2.06. The minimum Gasteiger partial charge on any atom is -0.492 e. The van der Waals surface area contributed by atoms with Crippen LogP contribution in [0.2, 0.25) is 5.02 Å². The molecule has 0 saturated heterocycles. The monoisotopic (exact) mass is 504 g/mol. The van der Waals surface area contributed by atoms with Crippen LogP contribution in [0.1, 0.15) is 64.0 Å². The van der Waals surface area contributed by atoms with Crippen LogP contribution < -0.4 is 14.2 Å². The lowest BCUT2D eigenvalue weighted by molar-refractivity contribution is -0.136. The van der Waals surface area contributed by atoms with Crippen molar-refractivity contribution in [1.29, 1.82) is 0 Å². The highest BCUT2D eigenvalue weighted by Crippen LogP contribution is 2.31. The predicted molar refractivity (Wildman–Crippen MR) is 140 cm³/mol.